The molecular formula is C7H13N5O2. The van der Waals surface area contributed by atoms with Crippen molar-refractivity contribution in [3.63, 3.8) is 0 Å². The molecule has 0 aliphatic heterocycles. The third kappa shape index (κ3) is 2.35. The van der Waals surface area contributed by atoms with E-state index in [-0.39, 0.29) is 18.5 Å². The molecule has 0 atom stereocenters. The number of carbonyl (C=O) groups is 1. The van der Waals surface area contributed by atoms with E-state index in [1.165, 1.54) is 4.68 Å². The number of nitrogens with two attached hydrogens (primary N) is 1. The molecule has 0 saturated heterocycles. The van der Waals surface area contributed by atoms with Gasteiger partial charge in [-0.2, -0.15) is 4.98 Å². The summed E-state index contributed by atoms with van der Waals surface area (Å²) in [4.78, 5) is 14.9. The number of nitrogen functional groups attached to an aromatic ring is 1. The number of aromatic nitrogens is 3. The number of hydrogen-bond acceptors (Lipinski definition) is 6. The highest BCUT2D eigenvalue weighted by Crippen LogP contribution is 2.03. The molecule has 3 N–H and O–H groups in total. The van der Waals surface area contributed by atoms with Gasteiger partial charge in [0, 0.05) is 7.05 Å². The number of ether oxygens (including phenoxy) is 1. The van der Waals surface area contributed by atoms with Crippen LogP contribution in [-0.4, -0.2) is 34.4 Å². The standard InChI is InChI=1S/C7H13N5O2/c1-3-14-5(13)4-12-6(8)10-7(9-2)11-12/h3-4H2,1-2H3,(H3,8,9,10,11). The number of nitrogens with one attached hydrogen (secondary N) is 1. The van der Waals surface area contributed by atoms with E-state index in [0.717, 1.165) is 0 Å². The van der Waals surface area contributed by atoms with Gasteiger partial charge in [0.15, 0.2) is 0 Å². The van der Waals surface area contributed by atoms with Gasteiger partial charge in [-0.15, -0.1) is 5.10 Å². The Balaban J connectivity index is 2.66. The van der Waals surface area contributed by atoms with Crippen molar-refractivity contribution in [2.24, 2.45) is 0 Å². The second kappa shape index (κ2) is 4.45. The minimum Gasteiger partial charge on any atom is -0.465 e. The fourth-order valence-electron chi connectivity index (χ4n) is 0.905. The first-order chi connectivity index (χ1) is 6.67. The number of carbonyl (C=O) groups excluding carboxylic acids is 1. The molecule has 0 spiro atoms. The molecule has 0 aliphatic carbocycles. The first-order valence-electron chi connectivity index (χ1n) is 4.21. The molecule has 1 aromatic rings. The summed E-state index contributed by atoms with van der Waals surface area (Å²) in [6.07, 6.45) is 0. The fraction of sp³-hybridized carbons (Fsp3) is 0.571. The lowest BCUT2D eigenvalue weighted by atomic mass is 10.6. The van der Waals surface area contributed by atoms with Crippen molar-refractivity contribution in [1.29, 1.82) is 0 Å². The fourth-order valence-corrected chi connectivity index (χ4v) is 0.905. The Kier molecular flexibility index (Phi) is 3.27. The molecule has 7 heteroatoms. The van der Waals surface area contributed by atoms with Crippen LogP contribution in [0.3, 0.4) is 0 Å². The van der Waals surface area contributed by atoms with E-state index in [9.17, 15) is 4.79 Å². The summed E-state index contributed by atoms with van der Waals surface area (Å²) in [5.41, 5.74) is 5.50. The van der Waals surface area contributed by atoms with Gasteiger partial charge in [0.2, 0.25) is 11.9 Å². The zero-order valence-corrected chi connectivity index (χ0v) is 8.15. The third-order valence-electron chi connectivity index (χ3n) is 1.51. The summed E-state index contributed by atoms with van der Waals surface area (Å²) in [7, 11) is 1.67. The zero-order chi connectivity index (χ0) is 10.6. The van der Waals surface area contributed by atoms with Gasteiger partial charge in [-0.25, -0.2) is 4.68 Å². The van der Waals surface area contributed by atoms with Gasteiger partial charge in [0.1, 0.15) is 6.54 Å². The summed E-state index contributed by atoms with van der Waals surface area (Å²) in [5, 5.41) is 6.64. The van der Waals surface area contributed by atoms with Gasteiger partial charge in [0.05, 0.1) is 6.61 Å². The Morgan fingerprint density at radius 3 is 2.93 bits per heavy atom. The summed E-state index contributed by atoms with van der Waals surface area (Å²) < 4.78 is 6.02. The first kappa shape index (κ1) is 10.3. The van der Waals surface area contributed by atoms with Crippen LogP contribution in [-0.2, 0) is 16.1 Å². The summed E-state index contributed by atoms with van der Waals surface area (Å²) in [6, 6.07) is 0. The molecule has 0 unspecified atom stereocenters. The molecule has 0 radical (unpaired) electrons. The van der Waals surface area contributed by atoms with Gasteiger partial charge in [-0.3, -0.25) is 4.79 Å². The largest absolute Gasteiger partial charge is 0.465 e. The molecule has 1 rings (SSSR count). The topological polar surface area (TPSA) is 95.1 Å². The van der Waals surface area contributed by atoms with Crippen molar-refractivity contribution in [1.82, 2.24) is 14.8 Å². The Hall–Kier alpha value is -1.79. The van der Waals surface area contributed by atoms with E-state index in [1.807, 2.05) is 0 Å². The molecule has 0 amide bonds. The quantitative estimate of drug-likeness (QED) is 0.633. The van der Waals surface area contributed by atoms with Crippen molar-refractivity contribution in [3.05, 3.63) is 0 Å². The van der Waals surface area contributed by atoms with Gasteiger partial charge in [-0.1, -0.05) is 0 Å². The number of rotatable bonds is 4. The van der Waals surface area contributed by atoms with E-state index < -0.39 is 0 Å². The highest BCUT2D eigenvalue weighted by atomic mass is 16.5. The molecule has 14 heavy (non-hydrogen) atoms. The Labute approximate surface area is 81.2 Å². The van der Waals surface area contributed by atoms with Crippen LogP contribution >= 0.6 is 0 Å². The number of hydrogen-bond donors (Lipinski definition) is 2. The maximum absolute atomic E-state index is 11.1. The number of anilines is 2. The van der Waals surface area contributed by atoms with Crippen LogP contribution in [0.2, 0.25) is 0 Å². The third-order valence-corrected chi connectivity index (χ3v) is 1.51. The van der Waals surface area contributed by atoms with Crippen molar-refractivity contribution >= 4 is 17.9 Å². The van der Waals surface area contributed by atoms with Crippen molar-refractivity contribution in [2.45, 2.75) is 13.5 Å². The zero-order valence-electron chi connectivity index (χ0n) is 8.15. The second-order valence-corrected chi connectivity index (χ2v) is 2.51. The summed E-state index contributed by atoms with van der Waals surface area (Å²) in [5.74, 6) is 0.181. The Morgan fingerprint density at radius 2 is 2.43 bits per heavy atom. The smallest absolute Gasteiger partial charge is 0.327 e. The maximum atomic E-state index is 11.1. The predicted molar refractivity (Wildman–Crippen MR) is 50.6 cm³/mol. The van der Waals surface area contributed by atoms with E-state index in [2.05, 4.69) is 15.4 Å². The van der Waals surface area contributed by atoms with Crippen molar-refractivity contribution in [3.8, 4) is 0 Å². The van der Waals surface area contributed by atoms with E-state index in [4.69, 9.17) is 10.5 Å². The van der Waals surface area contributed by atoms with Crippen LogP contribution in [0.4, 0.5) is 11.9 Å². The average molecular weight is 199 g/mol. The van der Waals surface area contributed by atoms with Crippen LogP contribution < -0.4 is 11.1 Å². The molecule has 1 heterocycles. The second-order valence-electron chi connectivity index (χ2n) is 2.51. The SMILES string of the molecule is CCOC(=O)Cn1nc(NC)nc1N. The minimum atomic E-state index is -0.383. The molecule has 1 aromatic heterocycles. The maximum Gasteiger partial charge on any atom is 0.327 e. The Bertz CT molecular complexity index is 322. The lowest BCUT2D eigenvalue weighted by Crippen LogP contribution is -2.16. The first-order valence-corrected chi connectivity index (χ1v) is 4.21. The van der Waals surface area contributed by atoms with Gasteiger partial charge >= 0.3 is 5.97 Å². The lowest BCUT2D eigenvalue weighted by molar-refractivity contribution is -0.143. The van der Waals surface area contributed by atoms with Gasteiger partial charge in [-0.05, 0) is 6.92 Å². The van der Waals surface area contributed by atoms with Gasteiger partial charge < -0.3 is 15.8 Å². The molecule has 0 bridgehead atoms. The molecule has 78 valence electrons. The van der Waals surface area contributed by atoms with Crippen LogP contribution in [0.5, 0.6) is 0 Å². The van der Waals surface area contributed by atoms with Gasteiger partial charge in [0.25, 0.3) is 0 Å². The summed E-state index contributed by atoms with van der Waals surface area (Å²) in [6.45, 7) is 2.06. The van der Waals surface area contributed by atoms with Crippen LogP contribution in [0, 0.1) is 0 Å². The van der Waals surface area contributed by atoms with Crippen LogP contribution in [0.1, 0.15) is 6.92 Å². The lowest BCUT2D eigenvalue weighted by Gasteiger charge is -2.01. The van der Waals surface area contributed by atoms with Crippen LogP contribution in [0.15, 0.2) is 0 Å². The summed E-state index contributed by atoms with van der Waals surface area (Å²) >= 11 is 0. The molecule has 0 aromatic carbocycles. The molecule has 7 nitrogen and oxygen atoms in total. The normalized spacial score (nSPS) is 9.86. The molecular weight excluding hydrogens is 186 g/mol. The Morgan fingerprint density at radius 1 is 1.71 bits per heavy atom. The van der Waals surface area contributed by atoms with E-state index in [1.54, 1.807) is 14.0 Å². The number of esters is 1. The monoisotopic (exact) mass is 199 g/mol. The molecule has 0 saturated carbocycles. The van der Waals surface area contributed by atoms with E-state index >= 15 is 0 Å². The highest BCUT2D eigenvalue weighted by Gasteiger charge is 2.09. The average Bonchev–Trinajstić information content (AvgIpc) is 2.48. The molecule has 0 aliphatic rings. The minimum absolute atomic E-state index is 0.0195. The van der Waals surface area contributed by atoms with Crippen molar-refractivity contribution < 1.29 is 9.53 Å². The van der Waals surface area contributed by atoms with Crippen LogP contribution in [0.25, 0.3) is 0 Å². The van der Waals surface area contributed by atoms with E-state index in [0.29, 0.717) is 12.6 Å². The predicted octanol–water partition coefficient (Wildman–Crippen LogP) is -0.535. The molecule has 0 fully saturated rings. The number of nitrogens with zero attached hydrogens (tertiary/aromatic N) is 3. The highest BCUT2D eigenvalue weighted by molar-refractivity contribution is 5.69. The van der Waals surface area contributed by atoms with Crippen molar-refractivity contribution in [2.75, 3.05) is 24.7 Å².